The summed E-state index contributed by atoms with van der Waals surface area (Å²) in [6, 6.07) is 3.01. The van der Waals surface area contributed by atoms with E-state index in [1.165, 1.54) is 13.2 Å². The van der Waals surface area contributed by atoms with E-state index in [-0.39, 0.29) is 30.0 Å². The molecule has 1 N–H and O–H groups in total. The van der Waals surface area contributed by atoms with E-state index in [0.717, 1.165) is 37.3 Å². The van der Waals surface area contributed by atoms with Gasteiger partial charge in [0.05, 0.1) is 29.0 Å². The number of rotatable bonds is 6. The molecule has 1 unspecified atom stereocenters. The molecule has 0 spiro atoms. The van der Waals surface area contributed by atoms with Crippen LogP contribution in [0.3, 0.4) is 0 Å². The molecule has 0 aromatic heterocycles. The number of piperidine rings is 1. The van der Waals surface area contributed by atoms with Gasteiger partial charge in [0, 0.05) is 30.4 Å². The highest BCUT2D eigenvalue weighted by Gasteiger charge is 2.37. The van der Waals surface area contributed by atoms with Gasteiger partial charge in [-0.3, -0.25) is 20.0 Å². The molecule has 3 aliphatic rings. The minimum absolute atomic E-state index is 0.0611. The van der Waals surface area contributed by atoms with Crippen molar-refractivity contribution in [3.63, 3.8) is 0 Å². The van der Waals surface area contributed by atoms with E-state index in [1.54, 1.807) is 11.0 Å². The lowest BCUT2D eigenvalue weighted by molar-refractivity contribution is -0.385. The van der Waals surface area contributed by atoms with Gasteiger partial charge in [-0.25, -0.2) is 4.79 Å². The third-order valence-electron chi connectivity index (χ3n) is 6.68. The lowest BCUT2D eigenvalue weighted by Gasteiger charge is -2.36. The Morgan fingerprint density at radius 1 is 1.28 bits per heavy atom. The monoisotopic (exact) mass is 447 g/mol. The SMILES string of the molecule is COc1cc2c(cc1[N+](=O)[O-])=CC(C1CCC(O)(COOC(=O)N3CCCCC3)CC1)N=2. The molecular formula is C22H29N3O7. The number of fused-ring (bicyclic) bond motifs is 1. The molecule has 2 fully saturated rings. The van der Waals surface area contributed by atoms with Crippen molar-refractivity contribution in [2.75, 3.05) is 26.8 Å². The zero-order chi connectivity index (χ0) is 22.7. The molecule has 1 aliphatic carbocycles. The number of nitro groups is 1. The van der Waals surface area contributed by atoms with E-state index >= 15 is 0 Å². The number of nitro benzene ring substituents is 1. The fourth-order valence-corrected chi connectivity index (χ4v) is 4.73. The Hall–Kier alpha value is -2.72. The van der Waals surface area contributed by atoms with Crippen molar-refractivity contribution in [3.8, 4) is 5.75 Å². The van der Waals surface area contributed by atoms with Crippen molar-refractivity contribution in [1.29, 1.82) is 0 Å². The van der Waals surface area contributed by atoms with Gasteiger partial charge in [-0.2, -0.15) is 4.89 Å². The molecule has 1 aromatic rings. The van der Waals surface area contributed by atoms with Crippen LogP contribution >= 0.6 is 0 Å². The first-order valence-electron chi connectivity index (χ1n) is 11.1. The van der Waals surface area contributed by atoms with Crippen LogP contribution in [-0.4, -0.2) is 59.5 Å². The predicted octanol–water partition coefficient (Wildman–Crippen LogP) is 1.86. The fourth-order valence-electron chi connectivity index (χ4n) is 4.73. The Kier molecular flexibility index (Phi) is 6.61. The van der Waals surface area contributed by atoms with E-state index in [0.29, 0.717) is 31.3 Å². The average Bonchev–Trinajstić information content (AvgIpc) is 3.22. The molecule has 10 heteroatoms. The van der Waals surface area contributed by atoms with Crippen LogP contribution in [0.4, 0.5) is 10.5 Å². The summed E-state index contributed by atoms with van der Waals surface area (Å²) in [6.07, 6.45) is 6.94. The molecule has 10 nitrogen and oxygen atoms in total. The molecule has 1 aromatic carbocycles. The number of benzene rings is 1. The topological polar surface area (TPSA) is 124 Å². The first-order valence-corrected chi connectivity index (χ1v) is 11.1. The summed E-state index contributed by atoms with van der Waals surface area (Å²) >= 11 is 0. The summed E-state index contributed by atoms with van der Waals surface area (Å²) in [5.41, 5.74) is -1.13. The van der Waals surface area contributed by atoms with Gasteiger partial charge in [0.2, 0.25) is 0 Å². The van der Waals surface area contributed by atoms with Crippen LogP contribution in [0.1, 0.15) is 44.9 Å². The van der Waals surface area contributed by atoms with Crippen molar-refractivity contribution in [3.05, 3.63) is 32.8 Å². The number of ether oxygens (including phenoxy) is 1. The maximum Gasteiger partial charge on any atom is 0.441 e. The molecule has 1 amide bonds. The van der Waals surface area contributed by atoms with Gasteiger partial charge in [-0.05, 0) is 50.9 Å². The Bertz CT molecular complexity index is 982. The Labute approximate surface area is 185 Å². The van der Waals surface area contributed by atoms with E-state index in [9.17, 15) is 20.0 Å². The lowest BCUT2D eigenvalue weighted by atomic mass is 9.76. The van der Waals surface area contributed by atoms with Gasteiger partial charge < -0.3 is 14.7 Å². The van der Waals surface area contributed by atoms with E-state index in [1.807, 2.05) is 6.08 Å². The first kappa shape index (κ1) is 22.5. The molecule has 4 rings (SSSR count). The zero-order valence-corrected chi connectivity index (χ0v) is 18.2. The second-order valence-corrected chi connectivity index (χ2v) is 8.85. The number of likely N-dealkylation sites (tertiary alicyclic amines) is 1. The summed E-state index contributed by atoms with van der Waals surface area (Å²) in [6.45, 7) is 1.29. The second kappa shape index (κ2) is 9.41. The number of nitrogens with zero attached hydrogens (tertiary/aromatic N) is 3. The normalized spacial score (nSPS) is 27.1. The van der Waals surface area contributed by atoms with Gasteiger partial charge in [0.25, 0.3) is 0 Å². The number of hydrogen-bond acceptors (Lipinski definition) is 8. The van der Waals surface area contributed by atoms with Crippen molar-refractivity contribution in [2.45, 2.75) is 56.6 Å². The number of aliphatic hydroxyl groups is 1. The third kappa shape index (κ3) is 4.86. The number of carbonyl (C=O) groups excluding carboxylic acids is 1. The van der Waals surface area contributed by atoms with Gasteiger partial charge in [0.1, 0.15) is 6.61 Å². The van der Waals surface area contributed by atoms with Gasteiger partial charge in [-0.15, -0.1) is 0 Å². The number of methoxy groups -OCH3 is 1. The average molecular weight is 447 g/mol. The zero-order valence-electron chi connectivity index (χ0n) is 18.2. The first-order chi connectivity index (χ1) is 15.4. The molecule has 0 radical (unpaired) electrons. The molecule has 1 saturated heterocycles. The van der Waals surface area contributed by atoms with Crippen LogP contribution in [0, 0.1) is 16.0 Å². The Morgan fingerprint density at radius 3 is 2.66 bits per heavy atom. The molecule has 0 bridgehead atoms. The maximum absolute atomic E-state index is 12.0. The molecule has 2 aliphatic heterocycles. The molecular weight excluding hydrogens is 418 g/mol. The van der Waals surface area contributed by atoms with Crippen LogP contribution in [0.5, 0.6) is 5.75 Å². The highest BCUT2D eigenvalue weighted by Crippen LogP contribution is 2.36. The van der Waals surface area contributed by atoms with Crippen LogP contribution in [0.2, 0.25) is 0 Å². The minimum Gasteiger partial charge on any atom is -0.490 e. The van der Waals surface area contributed by atoms with Gasteiger partial charge >= 0.3 is 11.8 Å². The smallest absolute Gasteiger partial charge is 0.441 e. The standard InChI is InChI=1S/C22H29N3O7/c1-30-20-13-18-16(12-19(20)25(28)29)11-17(23-18)15-5-7-22(27,8-6-15)14-31-32-21(26)24-9-3-2-4-10-24/h11-13,15,17,27H,2-10,14H2,1H3. The quantitative estimate of drug-likeness (QED) is 0.401. The lowest BCUT2D eigenvalue weighted by Crippen LogP contribution is -2.41. The highest BCUT2D eigenvalue weighted by atomic mass is 17.2. The third-order valence-corrected chi connectivity index (χ3v) is 6.68. The molecule has 1 saturated carbocycles. The number of hydrogen-bond donors (Lipinski definition) is 1. The molecule has 2 heterocycles. The highest BCUT2D eigenvalue weighted by molar-refractivity contribution is 5.66. The van der Waals surface area contributed by atoms with Gasteiger partial charge in [-0.1, -0.05) is 6.08 Å². The summed E-state index contributed by atoms with van der Waals surface area (Å²) in [7, 11) is 1.40. The van der Waals surface area contributed by atoms with Crippen molar-refractivity contribution in [1.82, 2.24) is 4.90 Å². The molecule has 1 atom stereocenters. The number of amides is 1. The summed E-state index contributed by atoms with van der Waals surface area (Å²) in [4.78, 5) is 39.2. The van der Waals surface area contributed by atoms with Crippen molar-refractivity contribution < 1.29 is 29.3 Å². The Morgan fingerprint density at radius 2 is 2.00 bits per heavy atom. The fraction of sp³-hybridized carbons (Fsp3) is 0.636. The number of carbonyl (C=O) groups is 1. The van der Waals surface area contributed by atoms with Crippen LogP contribution < -0.4 is 15.3 Å². The van der Waals surface area contributed by atoms with Crippen LogP contribution in [0.25, 0.3) is 6.08 Å². The van der Waals surface area contributed by atoms with E-state index < -0.39 is 16.6 Å². The van der Waals surface area contributed by atoms with Crippen LogP contribution in [-0.2, 0) is 9.78 Å². The largest absolute Gasteiger partial charge is 0.490 e. The summed E-state index contributed by atoms with van der Waals surface area (Å²) < 4.78 is 5.13. The van der Waals surface area contributed by atoms with Gasteiger partial charge in [0.15, 0.2) is 5.75 Å². The predicted molar refractivity (Wildman–Crippen MR) is 113 cm³/mol. The molecule has 32 heavy (non-hydrogen) atoms. The van der Waals surface area contributed by atoms with E-state index in [2.05, 4.69) is 0 Å². The maximum atomic E-state index is 12.0. The molecule has 174 valence electrons. The van der Waals surface area contributed by atoms with Crippen molar-refractivity contribution >= 4 is 17.9 Å². The minimum atomic E-state index is -1.05. The van der Waals surface area contributed by atoms with E-state index in [4.69, 9.17) is 19.5 Å². The van der Waals surface area contributed by atoms with Crippen molar-refractivity contribution in [2.24, 2.45) is 10.9 Å². The summed E-state index contributed by atoms with van der Waals surface area (Å²) in [5, 5.41) is 23.5. The summed E-state index contributed by atoms with van der Waals surface area (Å²) in [5.74, 6) is 0.407. The van der Waals surface area contributed by atoms with Crippen LogP contribution in [0.15, 0.2) is 17.1 Å². The Balaban J connectivity index is 1.31. The second-order valence-electron chi connectivity index (χ2n) is 8.85.